The molecule has 0 N–H and O–H groups in total. The van der Waals surface area contributed by atoms with Gasteiger partial charge in [-0.05, 0) is 42.7 Å². The number of hydrogen-bond acceptors (Lipinski definition) is 4. The molecule has 0 fully saturated rings. The van der Waals surface area contributed by atoms with E-state index < -0.39 is 5.97 Å². The molecule has 0 aromatic heterocycles. The molecule has 2 aromatic carbocycles. The number of rotatable bonds is 4. The second-order valence-corrected chi connectivity index (χ2v) is 6.13. The van der Waals surface area contributed by atoms with Crippen LogP contribution in [0.2, 0.25) is 5.02 Å². The van der Waals surface area contributed by atoms with E-state index in [2.05, 4.69) is 0 Å². The third-order valence-corrected chi connectivity index (χ3v) is 4.35. The molecule has 5 nitrogen and oxygen atoms in total. The van der Waals surface area contributed by atoms with E-state index >= 15 is 0 Å². The molecule has 1 heterocycles. The smallest absolute Gasteiger partial charge is 0.342 e. The van der Waals surface area contributed by atoms with Crippen LogP contribution in [0.4, 0.5) is 5.69 Å². The molecule has 2 aromatic rings. The Labute approximate surface area is 151 Å². The summed E-state index contributed by atoms with van der Waals surface area (Å²) < 4.78 is 10.3. The summed E-state index contributed by atoms with van der Waals surface area (Å²) in [7, 11) is 1.45. The maximum atomic E-state index is 12.5. The van der Waals surface area contributed by atoms with Gasteiger partial charge in [-0.3, -0.25) is 4.79 Å². The normalized spacial score (nSPS) is 13.1. The largest absolute Gasteiger partial charge is 0.496 e. The number of benzene rings is 2. The topological polar surface area (TPSA) is 55.8 Å². The summed E-state index contributed by atoms with van der Waals surface area (Å²) in [6.07, 6.45) is 1.83. The van der Waals surface area contributed by atoms with Crippen LogP contribution >= 0.6 is 11.6 Å². The van der Waals surface area contributed by atoms with Gasteiger partial charge in [0, 0.05) is 17.3 Å². The third-order valence-electron chi connectivity index (χ3n) is 4.12. The van der Waals surface area contributed by atoms with Gasteiger partial charge in [0.15, 0.2) is 6.61 Å². The number of nitrogens with zero attached hydrogens (tertiary/aromatic N) is 1. The van der Waals surface area contributed by atoms with Gasteiger partial charge in [0.25, 0.3) is 5.91 Å². The van der Waals surface area contributed by atoms with Crippen molar-refractivity contribution >= 4 is 29.2 Å². The minimum absolute atomic E-state index is 0.196. The molecule has 0 unspecified atom stereocenters. The second-order valence-electron chi connectivity index (χ2n) is 5.70. The predicted octanol–water partition coefficient (Wildman–Crippen LogP) is 3.48. The van der Waals surface area contributed by atoms with Crippen LogP contribution in [-0.4, -0.2) is 32.1 Å². The van der Waals surface area contributed by atoms with Gasteiger partial charge in [0.05, 0.1) is 7.11 Å². The van der Waals surface area contributed by atoms with Crippen LogP contribution in [0.25, 0.3) is 0 Å². The molecule has 0 radical (unpaired) electrons. The fourth-order valence-electron chi connectivity index (χ4n) is 2.92. The van der Waals surface area contributed by atoms with Crippen LogP contribution in [0.1, 0.15) is 22.3 Å². The number of methoxy groups -OCH3 is 1. The standard InChI is InChI=1S/C19H18ClNO4/c1-24-17-9-8-14(20)11-15(17)19(23)25-12-18(22)21-10-4-6-13-5-2-3-7-16(13)21/h2-3,5,7-9,11H,4,6,10,12H2,1H3. The van der Waals surface area contributed by atoms with Crippen LogP contribution in [0.15, 0.2) is 42.5 Å². The molecule has 130 valence electrons. The van der Waals surface area contributed by atoms with Crippen molar-refractivity contribution in [1.82, 2.24) is 0 Å². The van der Waals surface area contributed by atoms with Gasteiger partial charge < -0.3 is 14.4 Å². The highest BCUT2D eigenvalue weighted by Crippen LogP contribution is 2.27. The minimum Gasteiger partial charge on any atom is -0.496 e. The number of para-hydroxylation sites is 1. The first kappa shape index (κ1) is 17.3. The molecule has 0 bridgehead atoms. The molecule has 0 spiro atoms. The molecular weight excluding hydrogens is 342 g/mol. The van der Waals surface area contributed by atoms with E-state index in [4.69, 9.17) is 21.1 Å². The molecule has 0 aliphatic carbocycles. The molecule has 0 saturated heterocycles. The molecule has 1 aliphatic rings. The van der Waals surface area contributed by atoms with Gasteiger partial charge in [0.1, 0.15) is 11.3 Å². The summed E-state index contributed by atoms with van der Waals surface area (Å²) in [5.74, 6) is -0.537. The predicted molar refractivity (Wildman–Crippen MR) is 95.4 cm³/mol. The first-order chi connectivity index (χ1) is 12.1. The van der Waals surface area contributed by atoms with Gasteiger partial charge in [-0.1, -0.05) is 29.8 Å². The van der Waals surface area contributed by atoms with E-state index in [1.165, 1.54) is 13.2 Å². The molecule has 3 rings (SSSR count). The minimum atomic E-state index is -0.641. The summed E-state index contributed by atoms with van der Waals surface area (Å²) in [5, 5.41) is 0.393. The number of halogens is 1. The average Bonchev–Trinajstić information content (AvgIpc) is 2.65. The van der Waals surface area contributed by atoms with Crippen LogP contribution in [0.3, 0.4) is 0 Å². The van der Waals surface area contributed by atoms with Crippen molar-refractivity contribution in [2.75, 3.05) is 25.2 Å². The number of fused-ring (bicyclic) bond motifs is 1. The number of hydrogen-bond donors (Lipinski definition) is 0. The Morgan fingerprint density at radius 3 is 2.80 bits per heavy atom. The van der Waals surface area contributed by atoms with Crippen molar-refractivity contribution < 1.29 is 19.1 Å². The Bertz CT molecular complexity index is 806. The summed E-state index contributed by atoms with van der Waals surface area (Å²) in [6.45, 7) is 0.288. The number of carbonyl (C=O) groups is 2. The van der Waals surface area contributed by atoms with E-state index in [1.54, 1.807) is 17.0 Å². The lowest BCUT2D eigenvalue weighted by atomic mass is 10.0. The molecule has 25 heavy (non-hydrogen) atoms. The van der Waals surface area contributed by atoms with Crippen molar-refractivity contribution in [3.63, 3.8) is 0 Å². The SMILES string of the molecule is COc1ccc(Cl)cc1C(=O)OCC(=O)N1CCCc2ccccc21. The van der Waals surface area contributed by atoms with E-state index in [0.717, 1.165) is 24.1 Å². The molecule has 0 atom stereocenters. The zero-order valence-corrected chi connectivity index (χ0v) is 14.6. The van der Waals surface area contributed by atoms with Crippen LogP contribution in [0.5, 0.6) is 5.75 Å². The lowest BCUT2D eigenvalue weighted by Crippen LogP contribution is -2.38. The zero-order valence-electron chi connectivity index (χ0n) is 13.8. The van der Waals surface area contributed by atoms with E-state index in [-0.39, 0.29) is 18.1 Å². The lowest BCUT2D eigenvalue weighted by molar-refractivity contribution is -0.121. The number of carbonyl (C=O) groups excluding carboxylic acids is 2. The van der Waals surface area contributed by atoms with Crippen LogP contribution in [-0.2, 0) is 16.0 Å². The molecule has 0 saturated carbocycles. The average molecular weight is 360 g/mol. The number of aryl methyl sites for hydroxylation is 1. The Morgan fingerprint density at radius 1 is 1.20 bits per heavy atom. The highest BCUT2D eigenvalue weighted by molar-refractivity contribution is 6.31. The number of ether oxygens (including phenoxy) is 2. The molecule has 6 heteroatoms. The lowest BCUT2D eigenvalue weighted by Gasteiger charge is -2.29. The highest BCUT2D eigenvalue weighted by Gasteiger charge is 2.24. The molecular formula is C19H18ClNO4. The zero-order chi connectivity index (χ0) is 17.8. The fourth-order valence-corrected chi connectivity index (χ4v) is 3.09. The maximum absolute atomic E-state index is 12.5. The Kier molecular flexibility index (Phi) is 5.24. The van der Waals surface area contributed by atoms with Gasteiger partial charge in [0.2, 0.25) is 0 Å². The number of amides is 1. The second kappa shape index (κ2) is 7.57. The number of anilines is 1. The van der Waals surface area contributed by atoms with Gasteiger partial charge in [-0.15, -0.1) is 0 Å². The highest BCUT2D eigenvalue weighted by atomic mass is 35.5. The molecule has 1 aliphatic heterocycles. The monoisotopic (exact) mass is 359 g/mol. The van der Waals surface area contributed by atoms with Gasteiger partial charge in [-0.2, -0.15) is 0 Å². The molecule has 1 amide bonds. The van der Waals surface area contributed by atoms with E-state index in [0.29, 0.717) is 17.3 Å². The van der Waals surface area contributed by atoms with Crippen molar-refractivity contribution in [3.05, 3.63) is 58.6 Å². The van der Waals surface area contributed by atoms with Gasteiger partial charge >= 0.3 is 5.97 Å². The summed E-state index contributed by atoms with van der Waals surface area (Å²) >= 11 is 5.92. The van der Waals surface area contributed by atoms with Crippen molar-refractivity contribution in [2.45, 2.75) is 12.8 Å². The van der Waals surface area contributed by atoms with Crippen molar-refractivity contribution in [3.8, 4) is 5.75 Å². The third kappa shape index (κ3) is 3.77. The van der Waals surface area contributed by atoms with Gasteiger partial charge in [-0.25, -0.2) is 4.79 Å². The van der Waals surface area contributed by atoms with Crippen molar-refractivity contribution in [2.24, 2.45) is 0 Å². The quantitative estimate of drug-likeness (QED) is 0.784. The Morgan fingerprint density at radius 2 is 2.00 bits per heavy atom. The fraction of sp³-hybridized carbons (Fsp3) is 0.263. The maximum Gasteiger partial charge on any atom is 0.342 e. The first-order valence-corrected chi connectivity index (χ1v) is 8.37. The van der Waals surface area contributed by atoms with E-state index in [9.17, 15) is 9.59 Å². The van der Waals surface area contributed by atoms with E-state index in [1.807, 2.05) is 24.3 Å². The first-order valence-electron chi connectivity index (χ1n) is 7.99. The Balaban J connectivity index is 1.69. The summed E-state index contributed by atoms with van der Waals surface area (Å²) in [5.41, 5.74) is 2.21. The number of esters is 1. The Hall–Kier alpha value is -2.53. The summed E-state index contributed by atoms with van der Waals surface area (Å²) in [4.78, 5) is 26.5. The van der Waals surface area contributed by atoms with Crippen LogP contribution in [0, 0.1) is 0 Å². The van der Waals surface area contributed by atoms with Crippen LogP contribution < -0.4 is 9.64 Å². The summed E-state index contributed by atoms with van der Waals surface area (Å²) in [6, 6.07) is 12.4. The van der Waals surface area contributed by atoms with Crippen molar-refractivity contribution in [1.29, 1.82) is 0 Å².